The van der Waals surface area contributed by atoms with Crippen molar-refractivity contribution in [2.45, 2.75) is 19.8 Å². The van der Waals surface area contributed by atoms with E-state index in [1.54, 1.807) is 0 Å². The summed E-state index contributed by atoms with van der Waals surface area (Å²) < 4.78 is 5.21. The predicted octanol–water partition coefficient (Wildman–Crippen LogP) is 2.12. The molecule has 2 nitrogen and oxygen atoms in total. The summed E-state index contributed by atoms with van der Waals surface area (Å²) in [6.07, 6.45) is 1.29. The molecule has 0 aromatic rings. The van der Waals surface area contributed by atoms with Crippen LogP contribution in [0.15, 0.2) is 11.1 Å². The van der Waals surface area contributed by atoms with Crippen LogP contribution in [0, 0.1) is 5.92 Å². The van der Waals surface area contributed by atoms with Gasteiger partial charge in [0.2, 0.25) is 0 Å². The van der Waals surface area contributed by atoms with Crippen LogP contribution in [-0.4, -0.2) is 19.0 Å². The Morgan fingerprint density at radius 2 is 2.58 bits per heavy atom. The molecule has 1 fully saturated rings. The van der Waals surface area contributed by atoms with E-state index in [2.05, 4.69) is 0 Å². The van der Waals surface area contributed by atoms with Gasteiger partial charge in [-0.2, -0.15) is 0 Å². The number of Topliss-reactive ketones (excluding diaryl/α,β-unsaturated/α-hetero) is 1. The summed E-state index contributed by atoms with van der Waals surface area (Å²) in [6, 6.07) is 0. The lowest BCUT2D eigenvalue weighted by Crippen LogP contribution is -2.27. The van der Waals surface area contributed by atoms with Crippen molar-refractivity contribution in [3.05, 3.63) is 11.1 Å². The molecule has 0 spiro atoms. The monoisotopic (exact) mass is 188 g/mol. The summed E-state index contributed by atoms with van der Waals surface area (Å²) in [5, 5.41) is 0. The molecule has 0 bridgehead atoms. The smallest absolute Gasteiger partial charge is 0.140 e. The predicted molar refractivity (Wildman–Crippen MR) is 48.2 cm³/mol. The Balaban J connectivity index is 2.44. The SMILES string of the molecule is CC(=CCl)CC1COCCC1=O. The van der Waals surface area contributed by atoms with Gasteiger partial charge in [0.15, 0.2) is 0 Å². The van der Waals surface area contributed by atoms with Crippen molar-refractivity contribution in [1.82, 2.24) is 0 Å². The second-order valence-corrected chi connectivity index (χ2v) is 3.37. The van der Waals surface area contributed by atoms with Crippen molar-refractivity contribution < 1.29 is 9.53 Å². The first kappa shape index (κ1) is 9.75. The number of halogens is 1. The maximum absolute atomic E-state index is 11.3. The Labute approximate surface area is 77.5 Å². The van der Waals surface area contributed by atoms with Crippen LogP contribution >= 0.6 is 11.6 Å². The minimum Gasteiger partial charge on any atom is -0.380 e. The first-order chi connectivity index (χ1) is 5.74. The van der Waals surface area contributed by atoms with E-state index in [0.29, 0.717) is 25.4 Å². The minimum atomic E-state index is 0.0359. The number of rotatable bonds is 2. The van der Waals surface area contributed by atoms with Gasteiger partial charge in [0.05, 0.1) is 13.2 Å². The molecule has 0 aromatic carbocycles. The number of allylic oxidation sites excluding steroid dienone is 1. The fourth-order valence-electron chi connectivity index (χ4n) is 1.30. The van der Waals surface area contributed by atoms with Crippen LogP contribution in [-0.2, 0) is 9.53 Å². The van der Waals surface area contributed by atoms with E-state index < -0.39 is 0 Å². The van der Waals surface area contributed by atoms with Gasteiger partial charge < -0.3 is 4.74 Å². The molecule has 0 saturated carbocycles. The fraction of sp³-hybridized carbons (Fsp3) is 0.667. The van der Waals surface area contributed by atoms with Gasteiger partial charge in [-0.1, -0.05) is 17.2 Å². The van der Waals surface area contributed by atoms with Gasteiger partial charge >= 0.3 is 0 Å². The molecule has 3 heteroatoms. The maximum Gasteiger partial charge on any atom is 0.140 e. The molecule has 1 atom stereocenters. The van der Waals surface area contributed by atoms with Gasteiger partial charge in [-0.15, -0.1) is 0 Å². The summed E-state index contributed by atoms with van der Waals surface area (Å²) in [4.78, 5) is 11.3. The molecular weight excluding hydrogens is 176 g/mol. The van der Waals surface area contributed by atoms with Crippen molar-refractivity contribution in [1.29, 1.82) is 0 Å². The van der Waals surface area contributed by atoms with Crippen LogP contribution in [0.3, 0.4) is 0 Å². The fourth-order valence-corrected chi connectivity index (χ4v) is 1.39. The number of hydrogen-bond acceptors (Lipinski definition) is 2. The van der Waals surface area contributed by atoms with E-state index in [9.17, 15) is 4.79 Å². The van der Waals surface area contributed by atoms with E-state index in [-0.39, 0.29) is 5.92 Å². The number of hydrogen-bond donors (Lipinski definition) is 0. The molecule has 0 radical (unpaired) electrons. The molecule has 1 aliphatic rings. The second-order valence-electron chi connectivity index (χ2n) is 3.15. The van der Waals surface area contributed by atoms with Crippen molar-refractivity contribution >= 4 is 17.4 Å². The van der Waals surface area contributed by atoms with Gasteiger partial charge in [-0.3, -0.25) is 4.79 Å². The highest BCUT2D eigenvalue weighted by molar-refractivity contribution is 6.25. The maximum atomic E-state index is 11.3. The Morgan fingerprint density at radius 3 is 3.17 bits per heavy atom. The zero-order valence-electron chi connectivity index (χ0n) is 7.18. The van der Waals surface area contributed by atoms with Gasteiger partial charge in [-0.25, -0.2) is 0 Å². The van der Waals surface area contributed by atoms with E-state index in [1.807, 2.05) is 6.92 Å². The zero-order valence-corrected chi connectivity index (χ0v) is 7.93. The standard InChI is InChI=1S/C9H13ClO2/c1-7(5-10)4-8-6-12-3-2-9(8)11/h5,8H,2-4,6H2,1H3. The third-order valence-corrected chi connectivity index (χ3v) is 2.39. The molecule has 12 heavy (non-hydrogen) atoms. The van der Waals surface area contributed by atoms with Crippen molar-refractivity contribution in [2.75, 3.05) is 13.2 Å². The van der Waals surface area contributed by atoms with Crippen LogP contribution < -0.4 is 0 Å². The lowest BCUT2D eigenvalue weighted by molar-refractivity contribution is -0.130. The minimum absolute atomic E-state index is 0.0359. The molecule has 1 aliphatic heterocycles. The van der Waals surface area contributed by atoms with Gasteiger partial charge in [-0.05, 0) is 13.3 Å². The average Bonchev–Trinajstić information content (AvgIpc) is 2.09. The van der Waals surface area contributed by atoms with Gasteiger partial charge in [0.25, 0.3) is 0 Å². The van der Waals surface area contributed by atoms with E-state index in [4.69, 9.17) is 16.3 Å². The highest BCUT2D eigenvalue weighted by atomic mass is 35.5. The first-order valence-electron chi connectivity index (χ1n) is 4.10. The average molecular weight is 189 g/mol. The highest BCUT2D eigenvalue weighted by Gasteiger charge is 2.22. The molecule has 1 rings (SSSR count). The quantitative estimate of drug-likeness (QED) is 0.664. The third-order valence-electron chi connectivity index (χ3n) is 2.02. The van der Waals surface area contributed by atoms with Crippen LogP contribution in [0.1, 0.15) is 19.8 Å². The summed E-state index contributed by atoms with van der Waals surface area (Å²) in [6.45, 7) is 3.06. The lowest BCUT2D eigenvalue weighted by atomic mass is 9.94. The topological polar surface area (TPSA) is 26.3 Å². The molecule has 68 valence electrons. The lowest BCUT2D eigenvalue weighted by Gasteiger charge is -2.20. The van der Waals surface area contributed by atoms with Crippen LogP contribution in [0.2, 0.25) is 0 Å². The van der Waals surface area contributed by atoms with E-state index in [1.165, 1.54) is 5.54 Å². The molecular formula is C9H13ClO2. The summed E-state index contributed by atoms with van der Waals surface area (Å²) >= 11 is 5.50. The summed E-state index contributed by atoms with van der Waals surface area (Å²) in [5.41, 5.74) is 2.57. The van der Waals surface area contributed by atoms with Crippen LogP contribution in [0.5, 0.6) is 0 Å². The Hall–Kier alpha value is -0.340. The molecule has 0 aromatic heterocycles. The number of carbonyl (C=O) groups excluding carboxylic acids is 1. The Bertz CT molecular complexity index is 199. The van der Waals surface area contributed by atoms with E-state index >= 15 is 0 Å². The van der Waals surface area contributed by atoms with Crippen LogP contribution in [0.4, 0.5) is 0 Å². The number of ketones is 1. The number of ether oxygens (including phenoxy) is 1. The molecule has 0 aliphatic carbocycles. The van der Waals surface area contributed by atoms with Gasteiger partial charge in [0.1, 0.15) is 5.78 Å². The first-order valence-corrected chi connectivity index (χ1v) is 4.54. The van der Waals surface area contributed by atoms with Crippen molar-refractivity contribution in [2.24, 2.45) is 5.92 Å². The van der Waals surface area contributed by atoms with Crippen LogP contribution in [0.25, 0.3) is 0 Å². The molecule has 0 N–H and O–H groups in total. The zero-order chi connectivity index (χ0) is 8.97. The van der Waals surface area contributed by atoms with Gasteiger partial charge in [0, 0.05) is 17.9 Å². The summed E-state index contributed by atoms with van der Waals surface area (Å²) in [7, 11) is 0. The Morgan fingerprint density at radius 1 is 1.83 bits per heavy atom. The molecule has 0 amide bonds. The molecule has 1 unspecified atom stereocenters. The third kappa shape index (κ3) is 2.61. The van der Waals surface area contributed by atoms with Crippen molar-refractivity contribution in [3.8, 4) is 0 Å². The van der Waals surface area contributed by atoms with E-state index in [0.717, 1.165) is 12.0 Å². The summed E-state index contributed by atoms with van der Waals surface area (Å²) in [5.74, 6) is 0.341. The molecule has 1 saturated heterocycles. The second kappa shape index (κ2) is 4.63. The number of carbonyl (C=O) groups is 1. The Kier molecular flexibility index (Phi) is 3.76. The molecule has 1 heterocycles. The van der Waals surface area contributed by atoms with Crippen molar-refractivity contribution in [3.63, 3.8) is 0 Å². The highest BCUT2D eigenvalue weighted by Crippen LogP contribution is 2.18. The largest absolute Gasteiger partial charge is 0.380 e. The normalized spacial score (nSPS) is 26.0.